The van der Waals surface area contributed by atoms with Crippen LogP contribution in [-0.2, 0) is 15.1 Å². The van der Waals surface area contributed by atoms with E-state index in [0.717, 1.165) is 18.4 Å². The number of amides is 1. The zero-order valence-corrected chi connectivity index (χ0v) is 14.0. The van der Waals surface area contributed by atoms with Gasteiger partial charge in [-0.05, 0) is 48.8 Å². The predicted octanol–water partition coefficient (Wildman–Crippen LogP) is 3.26. The van der Waals surface area contributed by atoms with Gasteiger partial charge in [-0.3, -0.25) is 4.79 Å². The molecule has 1 aromatic carbocycles. The average molecular weight is 324 g/mol. The lowest BCUT2D eigenvalue weighted by atomic mass is 9.62. The predicted molar refractivity (Wildman–Crippen MR) is 90.0 cm³/mol. The van der Waals surface area contributed by atoms with E-state index < -0.39 is 5.60 Å². The molecule has 2 atom stereocenters. The summed E-state index contributed by atoms with van der Waals surface area (Å²) in [5, 5.41) is 12.3. The molecule has 1 aliphatic heterocycles. The van der Waals surface area contributed by atoms with Crippen molar-refractivity contribution in [3.05, 3.63) is 35.4 Å². The van der Waals surface area contributed by atoms with Gasteiger partial charge in [-0.1, -0.05) is 25.0 Å². The molecule has 1 aromatic rings. The molecule has 4 nitrogen and oxygen atoms in total. The van der Waals surface area contributed by atoms with Crippen molar-refractivity contribution in [1.29, 1.82) is 5.26 Å². The molecule has 1 amide bonds. The first-order valence-corrected chi connectivity index (χ1v) is 9.10. The molecule has 3 fully saturated rings. The quantitative estimate of drug-likeness (QED) is 0.924. The molecule has 2 aliphatic carbocycles. The Labute approximate surface area is 143 Å². The standard InChI is InChI=1S/C20H24N2O2/c21-13-15-4-1-5-16(12-15)20(10-11-24-20)14-22-18(23)17-6-2-7-19(17)8-3-9-19/h1,4-5,12,17H,2-3,6-11,14H2,(H,22,23)/t17?,20-/m0/s1. The molecular formula is C20H24N2O2. The molecule has 0 aromatic heterocycles. The molecule has 3 aliphatic rings. The van der Waals surface area contributed by atoms with E-state index in [9.17, 15) is 4.79 Å². The van der Waals surface area contributed by atoms with Crippen molar-refractivity contribution >= 4 is 5.91 Å². The van der Waals surface area contributed by atoms with Crippen LogP contribution in [-0.4, -0.2) is 19.1 Å². The van der Waals surface area contributed by atoms with Crippen LogP contribution in [0.25, 0.3) is 0 Å². The van der Waals surface area contributed by atoms with Gasteiger partial charge in [0.25, 0.3) is 0 Å². The summed E-state index contributed by atoms with van der Waals surface area (Å²) >= 11 is 0. The minimum atomic E-state index is -0.450. The van der Waals surface area contributed by atoms with Crippen molar-refractivity contribution in [1.82, 2.24) is 5.32 Å². The highest BCUT2D eigenvalue weighted by molar-refractivity contribution is 5.80. The number of benzene rings is 1. The summed E-state index contributed by atoms with van der Waals surface area (Å²) in [4.78, 5) is 12.8. The second-order valence-corrected chi connectivity index (χ2v) is 7.66. The summed E-state index contributed by atoms with van der Waals surface area (Å²) in [6.45, 7) is 1.22. The Morgan fingerprint density at radius 1 is 1.29 bits per heavy atom. The lowest BCUT2D eigenvalue weighted by Gasteiger charge is -2.45. The molecule has 1 heterocycles. The second-order valence-electron chi connectivity index (χ2n) is 7.66. The van der Waals surface area contributed by atoms with Gasteiger partial charge in [-0.2, -0.15) is 5.26 Å². The van der Waals surface area contributed by atoms with E-state index in [2.05, 4.69) is 11.4 Å². The first-order valence-electron chi connectivity index (χ1n) is 9.10. The number of nitrogens with zero attached hydrogens (tertiary/aromatic N) is 1. The fraction of sp³-hybridized carbons (Fsp3) is 0.600. The Hall–Kier alpha value is -1.86. The number of hydrogen-bond acceptors (Lipinski definition) is 3. The maximum absolute atomic E-state index is 12.8. The van der Waals surface area contributed by atoms with Crippen molar-refractivity contribution in [2.24, 2.45) is 11.3 Å². The SMILES string of the molecule is N#Cc1cccc([C@@]2(CNC(=O)C3CCCC34CCC4)CCO2)c1. The third-order valence-corrected chi connectivity index (χ3v) is 6.52. The van der Waals surface area contributed by atoms with E-state index in [4.69, 9.17) is 10.00 Å². The van der Waals surface area contributed by atoms with Gasteiger partial charge < -0.3 is 10.1 Å². The number of hydrogen-bond donors (Lipinski definition) is 1. The molecule has 2 saturated carbocycles. The Balaban J connectivity index is 1.45. The first kappa shape index (κ1) is 15.7. The lowest BCUT2D eigenvalue weighted by Crippen LogP contribution is -2.52. The van der Waals surface area contributed by atoms with Crippen molar-refractivity contribution in [3.63, 3.8) is 0 Å². The lowest BCUT2D eigenvalue weighted by molar-refractivity contribution is -0.157. The monoisotopic (exact) mass is 324 g/mol. The second kappa shape index (κ2) is 5.89. The fourth-order valence-corrected chi connectivity index (χ4v) is 4.82. The normalized spacial score (nSPS) is 30.2. The molecule has 0 bridgehead atoms. The van der Waals surface area contributed by atoms with Gasteiger partial charge in [0.1, 0.15) is 5.60 Å². The van der Waals surface area contributed by atoms with Crippen molar-refractivity contribution in [3.8, 4) is 6.07 Å². The van der Waals surface area contributed by atoms with E-state index in [0.29, 0.717) is 24.1 Å². The molecule has 1 saturated heterocycles. The third kappa shape index (κ3) is 2.43. The van der Waals surface area contributed by atoms with Crippen LogP contribution in [0.4, 0.5) is 0 Å². The van der Waals surface area contributed by atoms with Gasteiger partial charge in [-0.15, -0.1) is 0 Å². The van der Waals surface area contributed by atoms with E-state index in [1.54, 1.807) is 6.07 Å². The Morgan fingerprint density at radius 2 is 2.08 bits per heavy atom. The van der Waals surface area contributed by atoms with Crippen LogP contribution < -0.4 is 5.32 Å². The van der Waals surface area contributed by atoms with Crippen LogP contribution in [0, 0.1) is 22.7 Å². The highest BCUT2D eigenvalue weighted by atomic mass is 16.5. The van der Waals surface area contributed by atoms with E-state index >= 15 is 0 Å². The average Bonchev–Trinajstić information content (AvgIpc) is 2.99. The van der Waals surface area contributed by atoms with Crippen molar-refractivity contribution in [2.45, 2.75) is 50.5 Å². The van der Waals surface area contributed by atoms with Gasteiger partial charge in [0.2, 0.25) is 5.91 Å². The molecule has 126 valence electrons. The molecule has 1 unspecified atom stereocenters. The number of ether oxygens (including phenoxy) is 1. The summed E-state index contributed by atoms with van der Waals surface area (Å²) in [6.07, 6.45) is 8.04. The van der Waals surface area contributed by atoms with Crippen molar-refractivity contribution in [2.75, 3.05) is 13.2 Å². The van der Waals surface area contributed by atoms with Crippen molar-refractivity contribution < 1.29 is 9.53 Å². The minimum Gasteiger partial charge on any atom is -0.368 e. The number of rotatable bonds is 4. The van der Waals surface area contributed by atoms with Crippen LogP contribution in [0.1, 0.15) is 56.1 Å². The molecule has 4 heteroatoms. The van der Waals surface area contributed by atoms with E-state index in [-0.39, 0.29) is 11.8 Å². The molecule has 1 spiro atoms. The zero-order chi connectivity index (χ0) is 16.6. The summed E-state index contributed by atoms with van der Waals surface area (Å²) in [5.41, 5.74) is 1.49. The Morgan fingerprint density at radius 3 is 2.71 bits per heavy atom. The number of carbonyl (C=O) groups is 1. The molecular weight excluding hydrogens is 300 g/mol. The van der Waals surface area contributed by atoms with Crippen LogP contribution in [0.2, 0.25) is 0 Å². The van der Waals surface area contributed by atoms with Crippen LogP contribution in [0.3, 0.4) is 0 Å². The maximum atomic E-state index is 12.8. The molecule has 4 rings (SSSR count). The Bertz CT molecular complexity index is 683. The largest absolute Gasteiger partial charge is 0.368 e. The smallest absolute Gasteiger partial charge is 0.223 e. The van der Waals surface area contributed by atoms with Gasteiger partial charge >= 0.3 is 0 Å². The third-order valence-electron chi connectivity index (χ3n) is 6.52. The van der Waals surface area contributed by atoms with Crippen LogP contribution in [0.5, 0.6) is 0 Å². The Kier molecular flexibility index (Phi) is 3.85. The van der Waals surface area contributed by atoms with Gasteiger partial charge in [0.15, 0.2) is 0 Å². The number of nitriles is 1. The van der Waals surface area contributed by atoms with Gasteiger partial charge in [0, 0.05) is 12.3 Å². The highest BCUT2D eigenvalue weighted by Crippen LogP contribution is 2.56. The fourth-order valence-electron chi connectivity index (χ4n) is 4.82. The summed E-state index contributed by atoms with van der Waals surface area (Å²) in [5.74, 6) is 0.396. The maximum Gasteiger partial charge on any atom is 0.223 e. The van der Waals surface area contributed by atoms with Crippen LogP contribution in [0.15, 0.2) is 24.3 Å². The minimum absolute atomic E-state index is 0.189. The van der Waals surface area contributed by atoms with Gasteiger partial charge in [0.05, 0.1) is 24.8 Å². The van der Waals surface area contributed by atoms with E-state index in [1.165, 1.54) is 32.1 Å². The zero-order valence-electron chi connectivity index (χ0n) is 14.0. The van der Waals surface area contributed by atoms with Gasteiger partial charge in [-0.25, -0.2) is 0 Å². The van der Waals surface area contributed by atoms with E-state index in [1.807, 2.05) is 18.2 Å². The molecule has 24 heavy (non-hydrogen) atoms. The topological polar surface area (TPSA) is 62.1 Å². The summed E-state index contributed by atoms with van der Waals surface area (Å²) in [6, 6.07) is 9.75. The molecule has 0 radical (unpaired) electrons. The number of carbonyl (C=O) groups excluding carboxylic acids is 1. The highest BCUT2D eigenvalue weighted by Gasteiger charge is 2.50. The molecule has 1 N–H and O–H groups in total. The number of nitrogens with one attached hydrogen (secondary N) is 1. The summed E-state index contributed by atoms with van der Waals surface area (Å²) in [7, 11) is 0. The summed E-state index contributed by atoms with van der Waals surface area (Å²) < 4.78 is 5.89. The van der Waals surface area contributed by atoms with Crippen LogP contribution >= 0.6 is 0 Å². The first-order chi connectivity index (χ1) is 11.7.